The molecule has 0 spiro atoms. The first-order valence-electron chi connectivity index (χ1n) is 10.9. The monoisotopic (exact) mass is 480 g/mol. The summed E-state index contributed by atoms with van der Waals surface area (Å²) in [5.74, 6) is -1.03. The lowest BCUT2D eigenvalue weighted by atomic mass is 9.93. The predicted molar refractivity (Wildman–Crippen MR) is 129 cm³/mol. The van der Waals surface area contributed by atoms with Crippen LogP contribution in [0.3, 0.4) is 0 Å². The van der Waals surface area contributed by atoms with Gasteiger partial charge in [0.05, 0.1) is 29.8 Å². The minimum Gasteiger partial charge on any atom is -0.459 e. The maximum absolute atomic E-state index is 13.7. The zero-order chi connectivity index (χ0) is 24.2. The Bertz CT molecular complexity index is 1180. The first-order valence-corrected chi connectivity index (χ1v) is 11.8. The quantitative estimate of drug-likeness (QED) is 0.590. The van der Waals surface area contributed by atoms with E-state index >= 15 is 0 Å². The molecule has 9 heteroatoms. The number of hydrogen-bond acceptors (Lipinski definition) is 7. The van der Waals surface area contributed by atoms with Crippen LogP contribution in [0, 0.1) is 5.82 Å². The largest absolute Gasteiger partial charge is 0.459 e. The van der Waals surface area contributed by atoms with E-state index in [9.17, 15) is 14.0 Å². The molecule has 4 rings (SSSR count). The molecule has 2 aliphatic heterocycles. The number of aromatic nitrogens is 1. The van der Waals surface area contributed by atoms with E-state index in [1.54, 1.807) is 45.3 Å². The van der Waals surface area contributed by atoms with E-state index in [1.807, 2.05) is 22.4 Å². The van der Waals surface area contributed by atoms with Gasteiger partial charge in [-0.25, -0.2) is 14.2 Å². The fourth-order valence-electron chi connectivity index (χ4n) is 3.80. The van der Waals surface area contributed by atoms with Gasteiger partial charge in [0.1, 0.15) is 5.82 Å². The zero-order valence-corrected chi connectivity index (χ0v) is 19.9. The molecule has 0 saturated carbocycles. The van der Waals surface area contributed by atoms with Gasteiger partial charge in [0.25, 0.3) is 0 Å². The average molecular weight is 481 g/mol. The molecule has 0 fully saturated rings. The molecular formula is C25H25FN4O3S. The van der Waals surface area contributed by atoms with Crippen LogP contribution >= 0.6 is 11.8 Å². The number of carbonyl (C=O) groups excluding carboxylic acids is 2. The summed E-state index contributed by atoms with van der Waals surface area (Å²) in [5.41, 5.74) is 3.20. The van der Waals surface area contributed by atoms with E-state index in [4.69, 9.17) is 4.74 Å². The van der Waals surface area contributed by atoms with Crippen molar-refractivity contribution in [3.63, 3.8) is 0 Å². The molecule has 1 unspecified atom stereocenters. The number of aliphatic imine (C=N–C) groups is 1. The number of halogens is 1. The standard InChI is InChI=1S/C25H25FN4O3S/c1-15(2)33-24(32)22-16(3)29-25-30(23(22)18-6-8-19(26)9-7-18)20(14-34-25)11-21(31)28-13-17-5-4-10-27-12-17/h4-10,12,14-15,23H,11,13H2,1-3H3,(H,28,31). The average Bonchev–Trinajstić information content (AvgIpc) is 3.19. The van der Waals surface area contributed by atoms with Crippen molar-refractivity contribution < 1.29 is 18.7 Å². The molecule has 1 aromatic carbocycles. The van der Waals surface area contributed by atoms with Crippen LogP contribution in [0.2, 0.25) is 0 Å². The molecule has 3 heterocycles. The number of allylic oxidation sites excluding steroid dienone is 1. The van der Waals surface area contributed by atoms with Gasteiger partial charge in [0, 0.05) is 24.6 Å². The van der Waals surface area contributed by atoms with Crippen LogP contribution in [-0.2, 0) is 20.9 Å². The second kappa shape index (κ2) is 10.2. The molecule has 176 valence electrons. The highest BCUT2D eigenvalue weighted by Crippen LogP contribution is 2.44. The van der Waals surface area contributed by atoms with Crippen LogP contribution in [-0.4, -0.2) is 33.0 Å². The summed E-state index contributed by atoms with van der Waals surface area (Å²) in [4.78, 5) is 36.4. The number of carbonyl (C=O) groups is 2. The first-order chi connectivity index (χ1) is 16.3. The molecule has 34 heavy (non-hydrogen) atoms. The Morgan fingerprint density at radius 1 is 1.24 bits per heavy atom. The van der Waals surface area contributed by atoms with E-state index in [0.717, 1.165) is 5.56 Å². The number of esters is 1. The second-order valence-corrected chi connectivity index (χ2v) is 9.05. The lowest BCUT2D eigenvalue weighted by molar-refractivity contribution is -0.143. The third-order valence-electron chi connectivity index (χ3n) is 5.30. The molecule has 7 nitrogen and oxygen atoms in total. The van der Waals surface area contributed by atoms with E-state index < -0.39 is 12.0 Å². The summed E-state index contributed by atoms with van der Waals surface area (Å²) >= 11 is 1.39. The summed E-state index contributed by atoms with van der Waals surface area (Å²) in [6, 6.07) is 9.10. The van der Waals surface area contributed by atoms with Crippen molar-refractivity contribution in [2.24, 2.45) is 4.99 Å². The minimum absolute atomic E-state index is 0.0928. The SMILES string of the molecule is CC1=C(C(=O)OC(C)C)C(c2ccc(F)cc2)N2C(CC(=O)NCc3cccnc3)=CSC2=N1. The van der Waals surface area contributed by atoms with Crippen molar-refractivity contribution >= 4 is 28.8 Å². The van der Waals surface area contributed by atoms with Crippen molar-refractivity contribution in [2.45, 2.75) is 45.9 Å². The van der Waals surface area contributed by atoms with Crippen molar-refractivity contribution in [3.8, 4) is 0 Å². The molecule has 1 atom stereocenters. The van der Waals surface area contributed by atoms with Gasteiger partial charge >= 0.3 is 5.97 Å². The zero-order valence-electron chi connectivity index (χ0n) is 19.1. The number of nitrogens with zero attached hydrogens (tertiary/aromatic N) is 3. The summed E-state index contributed by atoms with van der Waals surface area (Å²) in [5, 5.41) is 5.42. The van der Waals surface area contributed by atoms with Crippen molar-refractivity contribution in [1.29, 1.82) is 0 Å². The fraction of sp³-hybridized carbons (Fsp3) is 0.280. The number of rotatable bonds is 7. The number of amidine groups is 1. The predicted octanol–water partition coefficient (Wildman–Crippen LogP) is 4.45. The van der Waals surface area contributed by atoms with Crippen molar-refractivity contribution in [3.05, 3.63) is 88.1 Å². The van der Waals surface area contributed by atoms with E-state index in [2.05, 4.69) is 15.3 Å². The molecule has 0 saturated heterocycles. The number of hydrogen-bond donors (Lipinski definition) is 1. The molecule has 0 radical (unpaired) electrons. The topological polar surface area (TPSA) is 83.9 Å². The number of pyridine rings is 1. The highest BCUT2D eigenvalue weighted by atomic mass is 32.2. The van der Waals surface area contributed by atoms with Gasteiger partial charge in [-0.05, 0) is 55.5 Å². The molecule has 1 amide bonds. The smallest absolute Gasteiger partial charge is 0.338 e. The van der Waals surface area contributed by atoms with E-state index in [-0.39, 0.29) is 24.2 Å². The summed E-state index contributed by atoms with van der Waals surface area (Å²) in [6.07, 6.45) is 3.16. The Balaban J connectivity index is 1.61. The summed E-state index contributed by atoms with van der Waals surface area (Å²) < 4.78 is 19.2. The van der Waals surface area contributed by atoms with Crippen LogP contribution < -0.4 is 5.32 Å². The third-order valence-corrected chi connectivity index (χ3v) is 6.19. The lowest BCUT2D eigenvalue weighted by Crippen LogP contribution is -2.38. The van der Waals surface area contributed by atoms with Crippen LogP contribution in [0.25, 0.3) is 0 Å². The van der Waals surface area contributed by atoms with Gasteiger partial charge in [-0.15, -0.1) is 0 Å². The van der Waals surface area contributed by atoms with Gasteiger partial charge in [0.2, 0.25) is 5.91 Å². The maximum atomic E-state index is 13.7. The van der Waals surface area contributed by atoms with Gasteiger partial charge in [-0.1, -0.05) is 30.0 Å². The van der Waals surface area contributed by atoms with Crippen LogP contribution in [0.1, 0.15) is 44.4 Å². The Labute approximate surface area is 201 Å². The Kier molecular flexibility index (Phi) is 7.12. The molecular weight excluding hydrogens is 455 g/mol. The summed E-state index contributed by atoms with van der Waals surface area (Å²) in [6.45, 7) is 5.68. The van der Waals surface area contributed by atoms with Gasteiger partial charge in [-0.3, -0.25) is 9.78 Å². The van der Waals surface area contributed by atoms with E-state index in [1.165, 1.54) is 23.9 Å². The minimum atomic E-state index is -0.591. The molecule has 0 bridgehead atoms. The molecule has 0 aliphatic carbocycles. The molecule has 1 aromatic heterocycles. The number of ether oxygens (including phenoxy) is 1. The van der Waals surface area contributed by atoms with Crippen molar-refractivity contribution in [1.82, 2.24) is 15.2 Å². The fourth-order valence-corrected chi connectivity index (χ4v) is 4.76. The maximum Gasteiger partial charge on any atom is 0.338 e. The van der Waals surface area contributed by atoms with Crippen molar-refractivity contribution in [2.75, 3.05) is 0 Å². The van der Waals surface area contributed by atoms with Crippen LogP contribution in [0.15, 0.2) is 76.2 Å². The number of nitrogens with one attached hydrogen (secondary N) is 1. The number of fused-ring (bicyclic) bond motifs is 1. The number of amides is 1. The van der Waals surface area contributed by atoms with Gasteiger partial charge in [0.15, 0.2) is 5.17 Å². The normalized spacial score (nSPS) is 17.3. The van der Waals surface area contributed by atoms with Gasteiger partial charge < -0.3 is 15.0 Å². The van der Waals surface area contributed by atoms with Gasteiger partial charge in [-0.2, -0.15) is 0 Å². The number of benzene rings is 1. The number of thioether (sulfide) groups is 1. The van der Waals surface area contributed by atoms with E-state index in [0.29, 0.717) is 34.2 Å². The lowest BCUT2D eigenvalue weighted by Gasteiger charge is -2.36. The second-order valence-electron chi connectivity index (χ2n) is 8.21. The Hall–Kier alpha value is -3.46. The molecule has 1 N–H and O–H groups in total. The Morgan fingerprint density at radius 3 is 2.68 bits per heavy atom. The van der Waals surface area contributed by atoms with Crippen LogP contribution in [0.4, 0.5) is 4.39 Å². The van der Waals surface area contributed by atoms with Crippen LogP contribution in [0.5, 0.6) is 0 Å². The molecule has 2 aromatic rings. The first kappa shape index (κ1) is 23.7. The highest BCUT2D eigenvalue weighted by Gasteiger charge is 2.41. The molecule has 2 aliphatic rings. The third kappa shape index (κ3) is 5.20. The highest BCUT2D eigenvalue weighted by molar-refractivity contribution is 8.16. The Morgan fingerprint density at radius 2 is 2.00 bits per heavy atom. The summed E-state index contributed by atoms with van der Waals surface area (Å²) in [7, 11) is 0.